The van der Waals surface area contributed by atoms with E-state index in [0.717, 1.165) is 0 Å². The molecule has 0 unspecified atom stereocenters. The Morgan fingerprint density at radius 1 is 1.17 bits per heavy atom. The Kier molecular flexibility index (Phi) is 5.25. The van der Waals surface area contributed by atoms with Crippen LogP contribution in [0.5, 0.6) is 0 Å². The molecule has 3 N–H and O–H groups in total. The van der Waals surface area contributed by atoms with Crippen LogP contribution >= 0.6 is 0 Å². The van der Waals surface area contributed by atoms with Gasteiger partial charge in [-0.1, -0.05) is 0 Å². The van der Waals surface area contributed by atoms with Gasteiger partial charge >= 0.3 is 12.3 Å². The number of carbonyl (C=O) groups excluding carboxylic acids is 2. The highest BCUT2D eigenvalue weighted by atomic mass is 19.4. The average molecular weight is 340 g/mol. The number of alkyl halides is 3. The largest absolute Gasteiger partial charge is 0.444 e. The van der Waals surface area contributed by atoms with Crippen molar-refractivity contribution in [2.75, 3.05) is 6.54 Å². The van der Waals surface area contributed by atoms with E-state index in [1.807, 2.05) is 0 Å². The first kappa shape index (κ1) is 19.5. The number of hydrogen-bond donors (Lipinski definition) is 3. The second kappa shape index (κ2) is 6.18. The maximum absolute atomic E-state index is 12.6. The van der Waals surface area contributed by atoms with Crippen LogP contribution in [0.2, 0.25) is 0 Å². The summed E-state index contributed by atoms with van der Waals surface area (Å²) < 4.78 is 42.8. The topological polar surface area (TPSA) is 87.7 Å². The standard InChI is InChI=1S/C14H23F3N2O4/c1-11(2,3)23-10(21)19-13(6-5-7-13)9(20)18-8-12(4,22)14(15,16)17/h22H,5-8H2,1-4H3,(H,18,20)(H,19,21)/t12-/m1/s1. The minimum absolute atomic E-state index is 0.298. The van der Waals surface area contributed by atoms with Crippen LogP contribution in [0.3, 0.4) is 0 Å². The fourth-order valence-corrected chi connectivity index (χ4v) is 1.96. The Bertz CT molecular complexity index is 466. The third-order valence-electron chi connectivity index (χ3n) is 3.59. The van der Waals surface area contributed by atoms with E-state index < -0.39 is 41.5 Å². The molecule has 1 saturated carbocycles. The van der Waals surface area contributed by atoms with Crippen molar-refractivity contribution in [2.45, 2.75) is 69.9 Å². The Morgan fingerprint density at radius 3 is 2.04 bits per heavy atom. The summed E-state index contributed by atoms with van der Waals surface area (Å²) >= 11 is 0. The Hall–Kier alpha value is -1.51. The quantitative estimate of drug-likeness (QED) is 0.729. The normalized spacial score (nSPS) is 20.0. The van der Waals surface area contributed by atoms with Crippen molar-refractivity contribution in [2.24, 2.45) is 0 Å². The Balaban J connectivity index is 2.67. The molecule has 1 aliphatic carbocycles. The summed E-state index contributed by atoms with van der Waals surface area (Å²) in [6.07, 6.45) is -4.43. The number of hydrogen-bond acceptors (Lipinski definition) is 4. The van der Waals surface area contributed by atoms with Crippen molar-refractivity contribution < 1.29 is 32.6 Å². The maximum atomic E-state index is 12.6. The number of halogens is 3. The van der Waals surface area contributed by atoms with Gasteiger partial charge in [0, 0.05) is 0 Å². The zero-order chi connectivity index (χ0) is 18.1. The van der Waals surface area contributed by atoms with Gasteiger partial charge in [0.05, 0.1) is 6.54 Å². The molecule has 0 saturated heterocycles. The van der Waals surface area contributed by atoms with Gasteiger partial charge in [0.25, 0.3) is 0 Å². The molecule has 1 rings (SSSR count). The SMILES string of the molecule is CC(C)(C)OC(=O)NC1(C(=O)NC[C@@](C)(O)C(F)(F)F)CCC1. The van der Waals surface area contributed by atoms with E-state index in [0.29, 0.717) is 26.2 Å². The van der Waals surface area contributed by atoms with Crippen molar-refractivity contribution in [1.82, 2.24) is 10.6 Å². The van der Waals surface area contributed by atoms with Gasteiger partial charge in [-0.15, -0.1) is 0 Å². The molecule has 6 nitrogen and oxygen atoms in total. The highest BCUT2D eigenvalue weighted by Gasteiger charge is 2.52. The van der Waals surface area contributed by atoms with Crippen molar-refractivity contribution in [1.29, 1.82) is 0 Å². The molecule has 0 radical (unpaired) electrons. The molecule has 0 spiro atoms. The Morgan fingerprint density at radius 2 is 1.70 bits per heavy atom. The fourth-order valence-electron chi connectivity index (χ4n) is 1.96. The number of carbonyl (C=O) groups is 2. The van der Waals surface area contributed by atoms with E-state index >= 15 is 0 Å². The number of nitrogens with one attached hydrogen (secondary N) is 2. The first-order valence-electron chi connectivity index (χ1n) is 7.27. The average Bonchev–Trinajstić information content (AvgIpc) is 2.27. The van der Waals surface area contributed by atoms with Gasteiger partial charge in [0.1, 0.15) is 11.1 Å². The van der Waals surface area contributed by atoms with Crippen molar-refractivity contribution in [3.05, 3.63) is 0 Å². The lowest BCUT2D eigenvalue weighted by Crippen LogP contribution is -2.65. The number of rotatable bonds is 4. The van der Waals surface area contributed by atoms with Gasteiger partial charge in [-0.05, 0) is 47.0 Å². The molecule has 23 heavy (non-hydrogen) atoms. The molecule has 0 aliphatic heterocycles. The molecule has 1 fully saturated rings. The smallest absolute Gasteiger partial charge is 0.418 e. The molecular formula is C14H23F3N2O4. The number of ether oxygens (including phenoxy) is 1. The van der Waals surface area contributed by atoms with Crippen LogP contribution in [0.25, 0.3) is 0 Å². The lowest BCUT2D eigenvalue weighted by atomic mass is 9.76. The summed E-state index contributed by atoms with van der Waals surface area (Å²) in [4.78, 5) is 24.0. The second-order valence-electron chi connectivity index (χ2n) is 7.02. The summed E-state index contributed by atoms with van der Waals surface area (Å²) in [5.74, 6) is -0.765. The molecule has 134 valence electrons. The minimum atomic E-state index is -4.87. The lowest BCUT2D eigenvalue weighted by Gasteiger charge is -2.41. The van der Waals surface area contributed by atoms with Gasteiger partial charge in [0.15, 0.2) is 5.60 Å². The molecule has 0 heterocycles. The van der Waals surface area contributed by atoms with Crippen LogP contribution in [0, 0.1) is 0 Å². The van der Waals surface area contributed by atoms with Gasteiger partial charge < -0.3 is 20.5 Å². The molecule has 9 heteroatoms. The van der Waals surface area contributed by atoms with E-state index in [-0.39, 0.29) is 0 Å². The molecule has 0 bridgehead atoms. The molecular weight excluding hydrogens is 317 g/mol. The van der Waals surface area contributed by atoms with E-state index in [1.54, 1.807) is 20.8 Å². The molecule has 1 atom stereocenters. The fraction of sp³-hybridized carbons (Fsp3) is 0.857. The van der Waals surface area contributed by atoms with Crippen LogP contribution in [-0.2, 0) is 9.53 Å². The first-order chi connectivity index (χ1) is 10.2. The van der Waals surface area contributed by atoms with Crippen molar-refractivity contribution in [3.8, 4) is 0 Å². The van der Waals surface area contributed by atoms with Crippen LogP contribution in [0.4, 0.5) is 18.0 Å². The van der Waals surface area contributed by atoms with E-state index in [9.17, 15) is 27.9 Å². The molecule has 0 aromatic carbocycles. The van der Waals surface area contributed by atoms with Crippen LogP contribution in [-0.4, -0.2) is 46.6 Å². The number of aliphatic hydroxyl groups is 1. The first-order valence-corrected chi connectivity index (χ1v) is 7.27. The number of amides is 2. The predicted octanol–water partition coefficient (Wildman–Crippen LogP) is 1.86. The summed E-state index contributed by atoms with van der Waals surface area (Å²) in [6.45, 7) is 4.54. The van der Waals surface area contributed by atoms with Gasteiger partial charge in [-0.25, -0.2) is 4.79 Å². The summed E-state index contributed by atoms with van der Waals surface area (Å²) in [5.41, 5.74) is -5.09. The Labute approximate surface area is 132 Å². The monoisotopic (exact) mass is 340 g/mol. The zero-order valence-electron chi connectivity index (χ0n) is 13.6. The van der Waals surface area contributed by atoms with Crippen LogP contribution in [0.15, 0.2) is 0 Å². The van der Waals surface area contributed by atoms with Gasteiger partial charge in [-0.3, -0.25) is 4.79 Å². The van der Waals surface area contributed by atoms with Crippen molar-refractivity contribution in [3.63, 3.8) is 0 Å². The summed E-state index contributed by atoms with van der Waals surface area (Å²) in [6, 6.07) is 0. The summed E-state index contributed by atoms with van der Waals surface area (Å²) in [7, 11) is 0. The molecule has 0 aromatic rings. The van der Waals surface area contributed by atoms with Gasteiger partial charge in [0.2, 0.25) is 5.91 Å². The van der Waals surface area contributed by atoms with E-state index in [2.05, 4.69) is 10.6 Å². The third-order valence-corrected chi connectivity index (χ3v) is 3.59. The second-order valence-corrected chi connectivity index (χ2v) is 7.02. The van der Waals surface area contributed by atoms with Crippen molar-refractivity contribution >= 4 is 12.0 Å². The maximum Gasteiger partial charge on any atom is 0.418 e. The van der Waals surface area contributed by atoms with E-state index in [4.69, 9.17) is 4.74 Å². The zero-order valence-corrected chi connectivity index (χ0v) is 13.6. The molecule has 2 amide bonds. The van der Waals surface area contributed by atoms with E-state index in [1.165, 1.54) is 0 Å². The third kappa shape index (κ3) is 4.98. The number of alkyl carbamates (subject to hydrolysis) is 1. The molecule has 0 aromatic heterocycles. The molecule has 1 aliphatic rings. The lowest BCUT2D eigenvalue weighted by molar-refractivity contribution is -0.250. The summed E-state index contributed by atoms with van der Waals surface area (Å²) in [5, 5.41) is 13.8. The van der Waals surface area contributed by atoms with Gasteiger partial charge in [-0.2, -0.15) is 13.2 Å². The van der Waals surface area contributed by atoms with Crippen LogP contribution in [0.1, 0.15) is 47.0 Å². The van der Waals surface area contributed by atoms with Crippen LogP contribution < -0.4 is 10.6 Å². The highest BCUT2D eigenvalue weighted by Crippen LogP contribution is 2.33. The highest BCUT2D eigenvalue weighted by molar-refractivity contribution is 5.91. The predicted molar refractivity (Wildman–Crippen MR) is 75.6 cm³/mol. The minimum Gasteiger partial charge on any atom is -0.444 e.